The largest absolute Gasteiger partial charge is 0.497 e. The summed E-state index contributed by atoms with van der Waals surface area (Å²) >= 11 is 0. The first-order valence-corrected chi connectivity index (χ1v) is 14.3. The van der Waals surface area contributed by atoms with E-state index in [4.69, 9.17) is 23.7 Å². The molecule has 0 heterocycles. The van der Waals surface area contributed by atoms with E-state index in [1.165, 1.54) is 14.0 Å². The van der Waals surface area contributed by atoms with Gasteiger partial charge in [0.2, 0.25) is 23.0 Å². The average Bonchev–Trinajstić information content (AvgIpc) is 3.26. The van der Waals surface area contributed by atoms with E-state index in [0.29, 0.717) is 71.5 Å². The predicted octanol–water partition coefficient (Wildman–Crippen LogP) is 4.71. The standard InChI is InChI=1S/C33H39N3O8/c1-19(37)35-24-12-9-20-16-29(42-4)32(43-5)33(44-6)31(20)22-11-13-25(27(38)18-23(22)24)34-15-7-8-30(39)36-26-17-21(40-2)10-14-28(26)41-3/h10-11,13-14,16-18,24H,7-9,12,15H2,1-6H3,(H,34,38)(H,35,37)(H,36,39)/t24-/m1/s1. The van der Waals surface area contributed by atoms with Gasteiger partial charge in [0.15, 0.2) is 11.5 Å². The van der Waals surface area contributed by atoms with Crippen LogP contribution in [0.25, 0.3) is 11.1 Å². The Hall–Kier alpha value is -4.93. The van der Waals surface area contributed by atoms with E-state index in [2.05, 4.69) is 16.0 Å². The number of carbonyl (C=O) groups excluding carboxylic acids is 2. The van der Waals surface area contributed by atoms with Gasteiger partial charge in [0.05, 0.1) is 53.0 Å². The van der Waals surface area contributed by atoms with Crippen LogP contribution in [0.2, 0.25) is 0 Å². The molecule has 0 spiro atoms. The van der Waals surface area contributed by atoms with Gasteiger partial charge in [0.25, 0.3) is 0 Å². The molecule has 0 bridgehead atoms. The molecule has 4 rings (SSSR count). The Morgan fingerprint density at radius 3 is 2.25 bits per heavy atom. The Morgan fingerprint density at radius 2 is 1.59 bits per heavy atom. The van der Waals surface area contributed by atoms with Crippen molar-refractivity contribution in [2.45, 2.75) is 38.6 Å². The third-order valence-corrected chi connectivity index (χ3v) is 7.49. The van der Waals surface area contributed by atoms with Crippen LogP contribution in [0.1, 0.15) is 43.4 Å². The zero-order chi connectivity index (χ0) is 31.8. The molecule has 3 aromatic rings. The first-order valence-electron chi connectivity index (χ1n) is 14.3. The van der Waals surface area contributed by atoms with Gasteiger partial charge in [-0.2, -0.15) is 0 Å². The molecular weight excluding hydrogens is 566 g/mol. The number of carbonyl (C=O) groups is 2. The topological polar surface area (TPSA) is 133 Å². The number of hydrogen-bond acceptors (Lipinski definition) is 9. The van der Waals surface area contributed by atoms with E-state index in [-0.39, 0.29) is 23.7 Å². The van der Waals surface area contributed by atoms with Gasteiger partial charge in [0.1, 0.15) is 11.5 Å². The summed E-state index contributed by atoms with van der Waals surface area (Å²) in [7, 11) is 7.74. The minimum Gasteiger partial charge on any atom is -0.497 e. The lowest BCUT2D eigenvalue weighted by atomic mass is 9.95. The molecule has 0 saturated heterocycles. The SMILES string of the molecule is COc1ccc(OC)c(NC(=O)CCCNc2ccc3c(cc2=O)[C@H](NC(C)=O)CCc2cc(OC)c(OC)c(OC)c2-3)c1. The minimum atomic E-state index is -0.401. The lowest BCUT2D eigenvalue weighted by Crippen LogP contribution is -2.26. The highest BCUT2D eigenvalue weighted by molar-refractivity contribution is 5.92. The van der Waals surface area contributed by atoms with Crippen LogP contribution in [-0.4, -0.2) is 53.9 Å². The third kappa shape index (κ3) is 6.99. The van der Waals surface area contributed by atoms with Crippen molar-refractivity contribution in [1.29, 1.82) is 0 Å². The van der Waals surface area contributed by atoms with Crippen LogP contribution >= 0.6 is 0 Å². The number of rotatable bonds is 12. The van der Waals surface area contributed by atoms with Gasteiger partial charge >= 0.3 is 0 Å². The van der Waals surface area contributed by atoms with Crippen LogP contribution < -0.4 is 45.1 Å². The van der Waals surface area contributed by atoms with Crippen LogP contribution in [0.5, 0.6) is 28.7 Å². The molecule has 0 saturated carbocycles. The van der Waals surface area contributed by atoms with E-state index in [0.717, 1.165) is 16.7 Å². The van der Waals surface area contributed by atoms with Gasteiger partial charge in [-0.1, -0.05) is 6.07 Å². The fraction of sp³-hybridized carbons (Fsp3) is 0.364. The molecule has 0 aromatic heterocycles. The number of nitrogens with one attached hydrogen (secondary N) is 3. The summed E-state index contributed by atoms with van der Waals surface area (Å²) in [4.78, 5) is 38.3. The normalized spacial score (nSPS) is 13.4. The number of hydrogen-bond donors (Lipinski definition) is 3. The molecule has 0 unspecified atom stereocenters. The van der Waals surface area contributed by atoms with Crippen molar-refractivity contribution in [3.63, 3.8) is 0 Å². The quantitative estimate of drug-likeness (QED) is 0.251. The molecule has 2 amide bonds. The van der Waals surface area contributed by atoms with Gasteiger partial charge < -0.3 is 39.6 Å². The van der Waals surface area contributed by atoms with Crippen LogP contribution in [0.3, 0.4) is 0 Å². The van der Waals surface area contributed by atoms with E-state index in [9.17, 15) is 14.4 Å². The Balaban J connectivity index is 1.60. The summed E-state index contributed by atoms with van der Waals surface area (Å²) in [5.41, 5.74) is 3.78. The minimum absolute atomic E-state index is 0.197. The molecule has 0 fully saturated rings. The molecule has 0 radical (unpaired) electrons. The van der Waals surface area contributed by atoms with Crippen molar-refractivity contribution in [3.8, 4) is 39.9 Å². The molecule has 1 aliphatic rings. The Bertz CT molecular complexity index is 1590. The van der Waals surface area contributed by atoms with Gasteiger partial charge in [-0.25, -0.2) is 0 Å². The maximum atomic E-state index is 13.5. The smallest absolute Gasteiger partial charge is 0.224 e. The predicted molar refractivity (Wildman–Crippen MR) is 169 cm³/mol. The van der Waals surface area contributed by atoms with Crippen LogP contribution in [0.15, 0.2) is 47.3 Å². The van der Waals surface area contributed by atoms with Gasteiger partial charge in [-0.05, 0) is 66.3 Å². The van der Waals surface area contributed by atoms with Crippen molar-refractivity contribution >= 4 is 23.2 Å². The Morgan fingerprint density at radius 1 is 0.841 bits per heavy atom. The van der Waals surface area contributed by atoms with Crippen molar-refractivity contribution in [2.75, 3.05) is 52.7 Å². The highest BCUT2D eigenvalue weighted by Crippen LogP contribution is 2.50. The highest BCUT2D eigenvalue weighted by atomic mass is 16.5. The summed E-state index contributed by atoms with van der Waals surface area (Å²) in [6.45, 7) is 1.84. The second-order valence-electron chi connectivity index (χ2n) is 10.2. The van der Waals surface area contributed by atoms with E-state index < -0.39 is 6.04 Å². The van der Waals surface area contributed by atoms with Crippen molar-refractivity contribution in [2.24, 2.45) is 0 Å². The molecule has 3 N–H and O–H groups in total. The van der Waals surface area contributed by atoms with Gasteiger partial charge in [-0.3, -0.25) is 14.4 Å². The summed E-state index contributed by atoms with van der Waals surface area (Å²) < 4.78 is 27.6. The maximum Gasteiger partial charge on any atom is 0.224 e. The first-order chi connectivity index (χ1) is 21.2. The second kappa shape index (κ2) is 14.5. The molecule has 1 atom stereocenters. The Labute approximate surface area is 256 Å². The third-order valence-electron chi connectivity index (χ3n) is 7.49. The number of fused-ring (bicyclic) bond motifs is 3. The highest BCUT2D eigenvalue weighted by Gasteiger charge is 2.29. The lowest BCUT2D eigenvalue weighted by molar-refractivity contribution is -0.119. The summed E-state index contributed by atoms with van der Waals surface area (Å²) in [6.07, 6.45) is 1.86. The first kappa shape index (κ1) is 32.0. The number of ether oxygens (including phenoxy) is 5. The number of aryl methyl sites for hydroxylation is 1. The van der Waals surface area contributed by atoms with Crippen LogP contribution in [0, 0.1) is 0 Å². The molecule has 1 aliphatic carbocycles. The Kier molecular flexibility index (Phi) is 10.5. The van der Waals surface area contributed by atoms with E-state index >= 15 is 0 Å². The molecule has 234 valence electrons. The molecule has 11 nitrogen and oxygen atoms in total. The number of benzene rings is 2. The van der Waals surface area contributed by atoms with Gasteiger partial charge in [-0.15, -0.1) is 0 Å². The van der Waals surface area contributed by atoms with E-state index in [1.54, 1.807) is 58.8 Å². The number of amides is 2. The number of methoxy groups -OCH3 is 5. The fourth-order valence-electron chi connectivity index (χ4n) is 5.45. The molecule has 0 aliphatic heterocycles. The average molecular weight is 606 g/mol. The van der Waals surface area contributed by atoms with Gasteiger partial charge in [0, 0.05) is 31.5 Å². The molecule has 11 heteroatoms. The van der Waals surface area contributed by atoms with Crippen LogP contribution in [-0.2, 0) is 16.0 Å². The fourth-order valence-corrected chi connectivity index (χ4v) is 5.45. The lowest BCUT2D eigenvalue weighted by Gasteiger charge is -2.19. The second-order valence-corrected chi connectivity index (χ2v) is 10.2. The molecule has 44 heavy (non-hydrogen) atoms. The van der Waals surface area contributed by atoms with Crippen LogP contribution in [0.4, 0.5) is 11.4 Å². The monoisotopic (exact) mass is 605 g/mol. The maximum absolute atomic E-state index is 13.5. The van der Waals surface area contributed by atoms with Crippen molar-refractivity contribution < 1.29 is 33.3 Å². The zero-order valence-electron chi connectivity index (χ0n) is 25.9. The zero-order valence-corrected chi connectivity index (χ0v) is 25.9. The summed E-state index contributed by atoms with van der Waals surface area (Å²) in [6, 6.07) is 11.8. The van der Waals surface area contributed by atoms with Crippen molar-refractivity contribution in [1.82, 2.24) is 5.32 Å². The summed E-state index contributed by atoms with van der Waals surface area (Å²) in [5.74, 6) is 2.18. The summed E-state index contributed by atoms with van der Waals surface area (Å²) in [5, 5.41) is 9.04. The van der Waals surface area contributed by atoms with Crippen molar-refractivity contribution in [3.05, 3.63) is 63.8 Å². The van der Waals surface area contributed by atoms with E-state index in [1.807, 2.05) is 12.1 Å². The molecule has 3 aromatic carbocycles. The number of anilines is 2. The molecular formula is C33H39N3O8.